The Morgan fingerprint density at radius 2 is 1.76 bits per heavy atom. The van der Waals surface area contributed by atoms with Crippen molar-refractivity contribution in [3.63, 3.8) is 0 Å². The average molecular weight is 391 g/mol. The van der Waals surface area contributed by atoms with Crippen molar-refractivity contribution in [3.05, 3.63) is 95.3 Å². The molecule has 0 aromatic heterocycles. The van der Waals surface area contributed by atoms with Crippen LogP contribution in [-0.4, -0.2) is 25.4 Å². The van der Waals surface area contributed by atoms with Crippen LogP contribution in [0.4, 0.5) is 0 Å². The lowest BCUT2D eigenvalue weighted by Gasteiger charge is -2.19. The van der Waals surface area contributed by atoms with E-state index in [2.05, 4.69) is 5.32 Å². The first-order valence-corrected chi connectivity index (χ1v) is 9.85. The molecule has 1 unspecified atom stereocenters. The molecule has 5 nitrogen and oxygen atoms in total. The molecule has 0 radical (unpaired) electrons. The summed E-state index contributed by atoms with van der Waals surface area (Å²) in [6.07, 6.45) is 4.58. The van der Waals surface area contributed by atoms with Gasteiger partial charge in [-0.15, -0.1) is 0 Å². The van der Waals surface area contributed by atoms with E-state index < -0.39 is 6.10 Å². The van der Waals surface area contributed by atoms with Crippen LogP contribution in [0.5, 0.6) is 0 Å². The minimum atomic E-state index is -0.709. The first kappa shape index (κ1) is 19.4. The zero-order chi connectivity index (χ0) is 20.1. The van der Waals surface area contributed by atoms with Gasteiger partial charge in [0.2, 0.25) is 0 Å². The molecule has 0 saturated carbocycles. The molecule has 1 heterocycles. The van der Waals surface area contributed by atoms with E-state index in [1.807, 2.05) is 72.8 Å². The van der Waals surface area contributed by atoms with Gasteiger partial charge in [-0.25, -0.2) is 4.79 Å². The summed E-state index contributed by atoms with van der Waals surface area (Å²) in [4.78, 5) is 12.9. The number of hydrogen-bond donors (Lipinski definition) is 1. The standard InChI is InChI=1S/C24H25NO4/c1-27-20-14-12-19(13-15-20)23-25-21(18-10-6-3-7-11-18)22(29-23)24(26)28-16-17-8-4-2-5-9-17/h2-12,14,21-23,25H,13,15-16H2,1H3/t21-,22+,23?/m0/s1. The zero-order valence-corrected chi connectivity index (χ0v) is 16.4. The SMILES string of the molecule is COC1=CC=C(C2N[C@@H](c3ccccc3)[C@H](C(=O)OCc3ccccc3)O2)CC1. The Kier molecular flexibility index (Phi) is 6.08. The molecule has 1 aliphatic carbocycles. The number of carbonyl (C=O) groups is 1. The van der Waals surface area contributed by atoms with Gasteiger partial charge in [-0.3, -0.25) is 5.32 Å². The number of nitrogens with one attached hydrogen (secondary N) is 1. The first-order valence-electron chi connectivity index (χ1n) is 9.85. The number of benzene rings is 2. The molecule has 1 saturated heterocycles. The maximum Gasteiger partial charge on any atom is 0.337 e. The second-order valence-electron chi connectivity index (χ2n) is 7.16. The summed E-state index contributed by atoms with van der Waals surface area (Å²) < 4.78 is 17.0. The van der Waals surface area contributed by atoms with Gasteiger partial charge < -0.3 is 14.2 Å². The second kappa shape index (κ2) is 9.07. The summed E-state index contributed by atoms with van der Waals surface area (Å²) in [7, 11) is 1.68. The van der Waals surface area contributed by atoms with Gasteiger partial charge in [0.05, 0.1) is 18.9 Å². The van der Waals surface area contributed by atoms with Crippen molar-refractivity contribution in [1.82, 2.24) is 5.32 Å². The van der Waals surface area contributed by atoms with Gasteiger partial charge in [-0.1, -0.05) is 66.7 Å². The number of esters is 1. The Labute approximate surface area is 171 Å². The Morgan fingerprint density at radius 1 is 1.03 bits per heavy atom. The Morgan fingerprint density at radius 3 is 2.41 bits per heavy atom. The lowest BCUT2D eigenvalue weighted by molar-refractivity contribution is -0.157. The fourth-order valence-electron chi connectivity index (χ4n) is 3.67. The molecule has 3 atom stereocenters. The van der Waals surface area contributed by atoms with Gasteiger partial charge in [-0.05, 0) is 29.2 Å². The molecule has 1 fully saturated rings. The smallest absolute Gasteiger partial charge is 0.337 e. The number of carbonyl (C=O) groups excluding carboxylic acids is 1. The van der Waals surface area contributed by atoms with E-state index in [1.165, 1.54) is 0 Å². The summed E-state index contributed by atoms with van der Waals surface area (Å²) in [6.45, 7) is 0.230. The van der Waals surface area contributed by atoms with Crippen LogP contribution in [0.3, 0.4) is 0 Å². The number of ether oxygens (including phenoxy) is 3. The van der Waals surface area contributed by atoms with Crippen LogP contribution in [0.1, 0.15) is 30.0 Å². The maximum atomic E-state index is 12.9. The van der Waals surface area contributed by atoms with Gasteiger partial charge >= 0.3 is 5.97 Å². The number of allylic oxidation sites excluding steroid dienone is 3. The molecule has 150 valence electrons. The largest absolute Gasteiger partial charge is 0.501 e. The van der Waals surface area contributed by atoms with E-state index in [9.17, 15) is 4.79 Å². The normalized spacial score (nSPS) is 23.8. The highest BCUT2D eigenvalue weighted by atomic mass is 16.6. The van der Waals surface area contributed by atoms with E-state index >= 15 is 0 Å². The molecule has 4 rings (SSSR count). The van der Waals surface area contributed by atoms with E-state index in [4.69, 9.17) is 14.2 Å². The lowest BCUT2D eigenvalue weighted by atomic mass is 10.0. The van der Waals surface area contributed by atoms with Gasteiger partial charge in [-0.2, -0.15) is 0 Å². The maximum absolute atomic E-state index is 12.9. The fourth-order valence-corrected chi connectivity index (χ4v) is 3.67. The van der Waals surface area contributed by atoms with Crippen LogP contribution in [-0.2, 0) is 25.6 Å². The summed E-state index contributed by atoms with van der Waals surface area (Å²) in [6, 6.07) is 19.3. The van der Waals surface area contributed by atoms with Crippen molar-refractivity contribution < 1.29 is 19.0 Å². The summed E-state index contributed by atoms with van der Waals surface area (Å²) >= 11 is 0. The van der Waals surface area contributed by atoms with Crippen molar-refractivity contribution in [1.29, 1.82) is 0 Å². The van der Waals surface area contributed by atoms with Gasteiger partial charge in [0.1, 0.15) is 12.8 Å². The van der Waals surface area contributed by atoms with Crippen molar-refractivity contribution in [3.8, 4) is 0 Å². The fraction of sp³-hybridized carbons (Fsp3) is 0.292. The molecular weight excluding hydrogens is 366 g/mol. The molecule has 0 bridgehead atoms. The Hall–Kier alpha value is -2.89. The van der Waals surface area contributed by atoms with Crippen LogP contribution in [0.25, 0.3) is 0 Å². The zero-order valence-electron chi connectivity index (χ0n) is 16.4. The highest BCUT2D eigenvalue weighted by Gasteiger charge is 2.42. The molecule has 5 heteroatoms. The van der Waals surface area contributed by atoms with Crippen LogP contribution in [0.2, 0.25) is 0 Å². The molecule has 0 spiro atoms. The van der Waals surface area contributed by atoms with Gasteiger partial charge in [0.15, 0.2) is 6.10 Å². The first-order chi connectivity index (χ1) is 14.2. The van der Waals surface area contributed by atoms with Crippen LogP contribution < -0.4 is 5.32 Å². The van der Waals surface area contributed by atoms with E-state index in [-0.39, 0.29) is 24.8 Å². The quantitative estimate of drug-likeness (QED) is 0.754. The van der Waals surface area contributed by atoms with Gasteiger partial charge in [0, 0.05) is 6.42 Å². The third-order valence-corrected chi connectivity index (χ3v) is 5.27. The minimum absolute atomic E-state index is 0.230. The number of methoxy groups -OCH3 is 1. The van der Waals surface area contributed by atoms with E-state index in [1.54, 1.807) is 7.11 Å². The van der Waals surface area contributed by atoms with Crippen LogP contribution in [0, 0.1) is 0 Å². The topological polar surface area (TPSA) is 56.8 Å². The van der Waals surface area contributed by atoms with Crippen molar-refractivity contribution in [2.45, 2.75) is 37.8 Å². The number of rotatable bonds is 6. The van der Waals surface area contributed by atoms with Gasteiger partial charge in [0.25, 0.3) is 0 Å². The van der Waals surface area contributed by atoms with Crippen molar-refractivity contribution >= 4 is 5.97 Å². The molecule has 1 N–H and O–H groups in total. The Balaban J connectivity index is 1.51. The van der Waals surface area contributed by atoms with Crippen LogP contribution in [0.15, 0.2) is 84.1 Å². The molecule has 2 aliphatic rings. The number of hydrogen-bond acceptors (Lipinski definition) is 5. The average Bonchev–Trinajstić information content (AvgIpc) is 3.24. The molecule has 2 aromatic rings. The third-order valence-electron chi connectivity index (χ3n) is 5.27. The predicted molar refractivity (Wildman–Crippen MR) is 110 cm³/mol. The van der Waals surface area contributed by atoms with E-state index in [0.717, 1.165) is 35.3 Å². The highest BCUT2D eigenvalue weighted by Crippen LogP contribution is 2.33. The second-order valence-corrected chi connectivity index (χ2v) is 7.16. The summed E-state index contributed by atoms with van der Waals surface area (Å²) in [5.74, 6) is 0.590. The lowest BCUT2D eigenvalue weighted by Crippen LogP contribution is -2.31. The molecule has 1 aliphatic heterocycles. The Bertz CT molecular complexity index is 892. The minimum Gasteiger partial charge on any atom is -0.501 e. The van der Waals surface area contributed by atoms with Crippen molar-refractivity contribution in [2.24, 2.45) is 0 Å². The van der Waals surface area contributed by atoms with Crippen LogP contribution >= 0.6 is 0 Å². The molecular formula is C24H25NO4. The highest BCUT2D eigenvalue weighted by molar-refractivity contribution is 5.76. The third kappa shape index (κ3) is 4.58. The molecule has 0 amide bonds. The summed E-state index contributed by atoms with van der Waals surface area (Å²) in [5.41, 5.74) is 3.05. The molecule has 29 heavy (non-hydrogen) atoms. The predicted octanol–water partition coefficient (Wildman–Crippen LogP) is 4.04. The van der Waals surface area contributed by atoms with E-state index in [0.29, 0.717) is 0 Å². The summed E-state index contributed by atoms with van der Waals surface area (Å²) in [5, 5.41) is 3.48. The monoisotopic (exact) mass is 391 g/mol. The molecule has 2 aromatic carbocycles. The van der Waals surface area contributed by atoms with Crippen molar-refractivity contribution in [2.75, 3.05) is 7.11 Å².